The minimum absolute atomic E-state index is 0.394. The number of piperidine rings is 1. The molecule has 3 nitrogen and oxygen atoms in total. The molecule has 1 aromatic rings. The third-order valence-electron chi connectivity index (χ3n) is 5.16. The molecule has 1 aliphatic heterocycles. The Hall–Kier alpha value is -1.13. The Morgan fingerprint density at radius 2 is 1.86 bits per heavy atom. The average Bonchev–Trinajstić information content (AvgIpc) is 2.82. The molecule has 0 amide bonds. The maximum Gasteiger partial charge on any atom is 0.243 e. The van der Waals surface area contributed by atoms with Gasteiger partial charge in [0, 0.05) is 13.1 Å². The minimum atomic E-state index is -3.40. The van der Waals surface area contributed by atoms with Gasteiger partial charge in [0.1, 0.15) is 0 Å². The van der Waals surface area contributed by atoms with Crippen LogP contribution in [0.2, 0.25) is 0 Å². The Kier molecular flexibility index (Phi) is 3.70. The van der Waals surface area contributed by atoms with Crippen LogP contribution in [0.1, 0.15) is 25.3 Å². The van der Waals surface area contributed by atoms with Crippen LogP contribution in [0, 0.1) is 24.7 Å². The van der Waals surface area contributed by atoms with Gasteiger partial charge in [-0.15, -0.1) is 0 Å². The van der Waals surface area contributed by atoms with Crippen molar-refractivity contribution in [3.8, 4) is 0 Å². The minimum Gasteiger partial charge on any atom is -0.207 e. The van der Waals surface area contributed by atoms with E-state index in [1.807, 2.05) is 19.1 Å². The molecule has 2 fully saturated rings. The second kappa shape index (κ2) is 5.25. The van der Waals surface area contributed by atoms with Crippen LogP contribution >= 0.6 is 0 Å². The van der Waals surface area contributed by atoms with Crippen LogP contribution in [0.15, 0.2) is 41.3 Å². The van der Waals surface area contributed by atoms with Crippen LogP contribution in [0.3, 0.4) is 0 Å². The fourth-order valence-corrected chi connectivity index (χ4v) is 5.25. The molecule has 2 aliphatic rings. The highest BCUT2D eigenvalue weighted by atomic mass is 32.2. The van der Waals surface area contributed by atoms with Crippen LogP contribution < -0.4 is 0 Å². The molecular formula is C17H23NO2S. The topological polar surface area (TPSA) is 37.4 Å². The summed E-state index contributed by atoms with van der Waals surface area (Å²) in [5.74, 6) is 1.54. The van der Waals surface area contributed by atoms with Gasteiger partial charge < -0.3 is 0 Å². The molecule has 1 unspecified atom stereocenters. The van der Waals surface area contributed by atoms with Crippen LogP contribution in [-0.4, -0.2) is 25.8 Å². The predicted octanol–water partition coefficient (Wildman–Crippen LogP) is 3.22. The average molecular weight is 305 g/mol. The molecule has 114 valence electrons. The first-order valence-corrected chi connectivity index (χ1v) is 9.08. The van der Waals surface area contributed by atoms with E-state index in [-0.39, 0.29) is 0 Å². The largest absolute Gasteiger partial charge is 0.243 e. The van der Waals surface area contributed by atoms with Crippen molar-refractivity contribution >= 4 is 10.0 Å². The molecule has 0 aromatic heterocycles. The van der Waals surface area contributed by atoms with Gasteiger partial charge in [0.15, 0.2) is 0 Å². The first kappa shape index (κ1) is 14.8. The van der Waals surface area contributed by atoms with Gasteiger partial charge in [0.25, 0.3) is 0 Å². The van der Waals surface area contributed by atoms with Gasteiger partial charge in [-0.3, -0.25) is 0 Å². The van der Waals surface area contributed by atoms with Crippen LogP contribution in [0.4, 0.5) is 0 Å². The van der Waals surface area contributed by atoms with Crippen molar-refractivity contribution in [1.82, 2.24) is 4.31 Å². The van der Waals surface area contributed by atoms with Gasteiger partial charge in [-0.2, -0.15) is 4.31 Å². The molecule has 0 spiro atoms. The van der Waals surface area contributed by atoms with E-state index in [1.54, 1.807) is 16.4 Å². The summed E-state index contributed by atoms with van der Waals surface area (Å²) < 4.78 is 27.3. The lowest BCUT2D eigenvalue weighted by atomic mass is 9.83. The van der Waals surface area contributed by atoms with E-state index in [4.69, 9.17) is 0 Å². The number of fused-ring (bicyclic) bond motifs is 1. The predicted molar refractivity (Wildman–Crippen MR) is 84.5 cm³/mol. The maximum atomic E-state index is 12.8. The molecule has 1 heterocycles. The zero-order chi connectivity index (χ0) is 15.2. The van der Waals surface area contributed by atoms with Crippen molar-refractivity contribution in [1.29, 1.82) is 0 Å². The van der Waals surface area contributed by atoms with Crippen LogP contribution in [0.5, 0.6) is 0 Å². The van der Waals surface area contributed by atoms with Crippen molar-refractivity contribution in [3.63, 3.8) is 0 Å². The van der Waals surface area contributed by atoms with E-state index in [0.29, 0.717) is 35.7 Å². The van der Waals surface area contributed by atoms with E-state index in [0.717, 1.165) is 11.1 Å². The highest BCUT2D eigenvalue weighted by Gasteiger charge is 2.42. The first-order valence-electron chi connectivity index (χ1n) is 7.64. The molecule has 1 saturated carbocycles. The van der Waals surface area contributed by atoms with E-state index in [1.165, 1.54) is 12.8 Å². The number of hydrogen-bond acceptors (Lipinski definition) is 2. The SMILES string of the molecule is C=C1CN(S(=O)(=O)c2ccc(C)cc2)C[C@@H]2C(C)CC[C@H]12. The molecule has 3 rings (SSSR count). The normalized spacial score (nSPS) is 30.4. The van der Waals surface area contributed by atoms with Crippen molar-refractivity contribution < 1.29 is 8.42 Å². The smallest absolute Gasteiger partial charge is 0.207 e. The number of rotatable bonds is 2. The van der Waals surface area contributed by atoms with Gasteiger partial charge in [-0.25, -0.2) is 8.42 Å². The fraction of sp³-hybridized carbons (Fsp3) is 0.529. The summed E-state index contributed by atoms with van der Waals surface area (Å²) in [5, 5.41) is 0. The quantitative estimate of drug-likeness (QED) is 0.787. The first-order chi connectivity index (χ1) is 9.89. The van der Waals surface area contributed by atoms with Gasteiger partial charge in [-0.1, -0.05) is 36.8 Å². The second-order valence-corrected chi connectivity index (χ2v) is 8.53. The molecule has 0 bridgehead atoms. The summed E-state index contributed by atoms with van der Waals surface area (Å²) in [6, 6.07) is 7.12. The standard InChI is InChI=1S/C17H23NO2S/c1-12-4-7-15(8-5-12)21(19,20)18-10-14(3)16-9-6-13(2)17(16)11-18/h4-5,7-8,13,16-17H,3,6,9-11H2,1-2H3/t13?,16-,17-/m1/s1. The van der Waals surface area contributed by atoms with E-state index in [9.17, 15) is 8.42 Å². The Morgan fingerprint density at radius 3 is 2.52 bits per heavy atom. The molecule has 1 saturated heterocycles. The molecule has 0 radical (unpaired) electrons. The van der Waals surface area contributed by atoms with Crippen LogP contribution in [-0.2, 0) is 10.0 Å². The summed E-state index contributed by atoms with van der Waals surface area (Å²) in [6.07, 6.45) is 2.36. The second-order valence-electron chi connectivity index (χ2n) is 6.59. The van der Waals surface area contributed by atoms with Gasteiger partial charge in [-0.05, 0) is 49.7 Å². The van der Waals surface area contributed by atoms with Crippen molar-refractivity contribution in [2.24, 2.45) is 17.8 Å². The molecule has 3 atom stereocenters. The van der Waals surface area contributed by atoms with Crippen molar-refractivity contribution in [2.45, 2.75) is 31.6 Å². The molecule has 1 aromatic carbocycles. The summed E-state index contributed by atoms with van der Waals surface area (Å²) >= 11 is 0. The Labute approximate surface area is 127 Å². The zero-order valence-corrected chi connectivity index (χ0v) is 13.6. The fourth-order valence-electron chi connectivity index (χ4n) is 3.77. The zero-order valence-electron chi connectivity index (χ0n) is 12.7. The van der Waals surface area contributed by atoms with E-state index in [2.05, 4.69) is 13.5 Å². The third-order valence-corrected chi connectivity index (χ3v) is 6.98. The Morgan fingerprint density at radius 1 is 1.19 bits per heavy atom. The molecular weight excluding hydrogens is 282 g/mol. The summed E-state index contributed by atoms with van der Waals surface area (Å²) in [5.41, 5.74) is 2.16. The van der Waals surface area contributed by atoms with E-state index < -0.39 is 10.0 Å². The van der Waals surface area contributed by atoms with Gasteiger partial charge in [0.05, 0.1) is 4.90 Å². The summed E-state index contributed by atoms with van der Waals surface area (Å²) in [6.45, 7) is 9.47. The number of hydrogen-bond donors (Lipinski definition) is 0. The number of benzene rings is 1. The number of aryl methyl sites for hydroxylation is 1. The highest BCUT2D eigenvalue weighted by molar-refractivity contribution is 7.89. The maximum absolute atomic E-state index is 12.8. The molecule has 1 aliphatic carbocycles. The van der Waals surface area contributed by atoms with Crippen molar-refractivity contribution in [3.05, 3.63) is 42.0 Å². The number of nitrogens with zero attached hydrogens (tertiary/aromatic N) is 1. The Balaban J connectivity index is 1.89. The summed E-state index contributed by atoms with van der Waals surface area (Å²) in [4.78, 5) is 0.394. The van der Waals surface area contributed by atoms with Crippen molar-refractivity contribution in [2.75, 3.05) is 13.1 Å². The lowest BCUT2D eigenvalue weighted by Gasteiger charge is -2.37. The highest BCUT2D eigenvalue weighted by Crippen LogP contribution is 2.44. The van der Waals surface area contributed by atoms with E-state index >= 15 is 0 Å². The Bertz CT molecular complexity index is 648. The summed E-state index contributed by atoms with van der Waals surface area (Å²) in [7, 11) is -3.40. The lowest BCUT2D eigenvalue weighted by Crippen LogP contribution is -2.44. The molecule has 4 heteroatoms. The van der Waals surface area contributed by atoms with Gasteiger partial charge in [0.2, 0.25) is 10.0 Å². The lowest BCUT2D eigenvalue weighted by molar-refractivity contribution is 0.235. The molecule has 0 N–H and O–H groups in total. The monoisotopic (exact) mass is 305 g/mol. The van der Waals surface area contributed by atoms with Crippen LogP contribution in [0.25, 0.3) is 0 Å². The van der Waals surface area contributed by atoms with Gasteiger partial charge >= 0.3 is 0 Å². The molecule has 21 heavy (non-hydrogen) atoms. The number of sulfonamides is 1. The third kappa shape index (κ3) is 2.55.